The minimum atomic E-state index is -0.526. The lowest BCUT2D eigenvalue weighted by atomic mass is 10.0. The Morgan fingerprint density at radius 2 is 2.08 bits per heavy atom. The van der Waals surface area contributed by atoms with E-state index in [0.29, 0.717) is 11.4 Å². The topological polar surface area (TPSA) is 67.4 Å². The van der Waals surface area contributed by atoms with Crippen LogP contribution in [-0.2, 0) is 16.0 Å². The van der Waals surface area contributed by atoms with Gasteiger partial charge in [0.2, 0.25) is 11.8 Å². The molecule has 1 heterocycles. The van der Waals surface area contributed by atoms with E-state index in [0.717, 1.165) is 23.2 Å². The lowest BCUT2D eigenvalue weighted by molar-refractivity contribution is -0.125. The maximum Gasteiger partial charge on any atom is 0.231 e. The lowest BCUT2D eigenvalue weighted by Gasteiger charge is -2.14. The summed E-state index contributed by atoms with van der Waals surface area (Å²) in [6, 6.07) is 13.3. The van der Waals surface area contributed by atoms with Gasteiger partial charge in [0.05, 0.1) is 11.6 Å². The van der Waals surface area contributed by atoms with Crippen LogP contribution in [0.15, 0.2) is 42.5 Å². The van der Waals surface area contributed by atoms with E-state index < -0.39 is 5.92 Å². The predicted octanol–water partition coefficient (Wildman–Crippen LogP) is 3.53. The van der Waals surface area contributed by atoms with E-state index in [1.807, 2.05) is 56.3 Å². The summed E-state index contributed by atoms with van der Waals surface area (Å²) in [4.78, 5) is 24.8. The highest BCUT2D eigenvalue weighted by Crippen LogP contribution is 2.29. The molecule has 5 nitrogen and oxygen atoms in total. The second-order valence-electron chi connectivity index (χ2n) is 6.26. The van der Waals surface area contributed by atoms with Crippen LogP contribution < -0.4 is 15.4 Å². The molecule has 5 heteroatoms. The molecule has 3 rings (SSSR count). The number of benzene rings is 2. The summed E-state index contributed by atoms with van der Waals surface area (Å²) in [5, 5.41) is 5.77. The van der Waals surface area contributed by atoms with Crippen molar-refractivity contribution >= 4 is 23.2 Å². The first-order valence-corrected chi connectivity index (χ1v) is 8.49. The first-order valence-electron chi connectivity index (χ1n) is 8.49. The van der Waals surface area contributed by atoms with E-state index in [1.165, 1.54) is 0 Å². The molecule has 1 aliphatic heterocycles. The third-order valence-corrected chi connectivity index (χ3v) is 4.31. The molecule has 0 saturated carbocycles. The van der Waals surface area contributed by atoms with Gasteiger partial charge >= 0.3 is 0 Å². The number of rotatable bonds is 4. The molecule has 130 valence electrons. The standard InChI is InChI=1S/C20H22N2O3/c1-3-14-6-4-5-7-16(14)21-19(23)11-15-12-25-18-9-8-13(2)10-17(18)22-20(15)24/h4-10,15H,3,11-12H2,1-2H3,(H,21,23)(H,22,24). The molecule has 2 aromatic rings. The van der Waals surface area contributed by atoms with Gasteiger partial charge in [0, 0.05) is 12.1 Å². The maximum atomic E-state index is 12.4. The average molecular weight is 338 g/mol. The molecule has 1 atom stereocenters. The summed E-state index contributed by atoms with van der Waals surface area (Å²) in [6.45, 7) is 4.18. The Morgan fingerprint density at radius 3 is 2.88 bits per heavy atom. The van der Waals surface area contributed by atoms with Crippen molar-refractivity contribution in [2.75, 3.05) is 17.2 Å². The number of carbonyl (C=O) groups is 2. The minimum absolute atomic E-state index is 0.0802. The molecule has 0 saturated heterocycles. The van der Waals surface area contributed by atoms with Gasteiger partial charge in [0.1, 0.15) is 12.4 Å². The smallest absolute Gasteiger partial charge is 0.231 e. The van der Waals surface area contributed by atoms with Crippen LogP contribution in [-0.4, -0.2) is 18.4 Å². The van der Waals surface area contributed by atoms with E-state index >= 15 is 0 Å². The van der Waals surface area contributed by atoms with Crippen LogP contribution in [0, 0.1) is 12.8 Å². The molecular weight excluding hydrogens is 316 g/mol. The third kappa shape index (κ3) is 3.99. The summed E-state index contributed by atoms with van der Waals surface area (Å²) in [7, 11) is 0. The molecule has 1 aliphatic rings. The Balaban J connectivity index is 1.67. The van der Waals surface area contributed by atoms with Crippen molar-refractivity contribution in [1.29, 1.82) is 0 Å². The van der Waals surface area contributed by atoms with Crippen LogP contribution in [0.4, 0.5) is 11.4 Å². The molecule has 2 amide bonds. The second-order valence-corrected chi connectivity index (χ2v) is 6.26. The molecule has 0 spiro atoms. The van der Waals surface area contributed by atoms with Gasteiger partial charge in [0.15, 0.2) is 0 Å². The monoisotopic (exact) mass is 338 g/mol. The Kier molecular flexibility index (Phi) is 5.03. The summed E-state index contributed by atoms with van der Waals surface area (Å²) in [5.74, 6) is -0.269. The van der Waals surface area contributed by atoms with Crippen molar-refractivity contribution in [3.63, 3.8) is 0 Å². The fraction of sp³-hybridized carbons (Fsp3) is 0.300. The quantitative estimate of drug-likeness (QED) is 0.896. The van der Waals surface area contributed by atoms with E-state index in [9.17, 15) is 9.59 Å². The first kappa shape index (κ1) is 17.0. The van der Waals surface area contributed by atoms with Crippen LogP contribution in [0.25, 0.3) is 0 Å². The molecular formula is C20H22N2O3. The van der Waals surface area contributed by atoms with Gasteiger partial charge in [0.25, 0.3) is 0 Å². The third-order valence-electron chi connectivity index (χ3n) is 4.31. The van der Waals surface area contributed by atoms with Crippen LogP contribution in [0.1, 0.15) is 24.5 Å². The van der Waals surface area contributed by atoms with Gasteiger partial charge in [-0.3, -0.25) is 9.59 Å². The van der Waals surface area contributed by atoms with Gasteiger partial charge in [-0.1, -0.05) is 31.2 Å². The van der Waals surface area contributed by atoms with Gasteiger partial charge < -0.3 is 15.4 Å². The Labute approximate surface area is 147 Å². The molecule has 0 fully saturated rings. The van der Waals surface area contributed by atoms with Gasteiger partial charge in [-0.15, -0.1) is 0 Å². The number of anilines is 2. The summed E-state index contributed by atoms with van der Waals surface area (Å²) < 4.78 is 5.72. The highest BCUT2D eigenvalue weighted by atomic mass is 16.5. The summed E-state index contributed by atoms with van der Waals surface area (Å²) in [6.07, 6.45) is 0.912. The fourth-order valence-electron chi connectivity index (χ4n) is 2.90. The number of aryl methyl sites for hydroxylation is 2. The normalized spacial score (nSPS) is 16.2. The molecule has 0 bridgehead atoms. The first-order chi connectivity index (χ1) is 12.1. The summed E-state index contributed by atoms with van der Waals surface area (Å²) >= 11 is 0. The van der Waals surface area contributed by atoms with E-state index in [2.05, 4.69) is 10.6 Å². The zero-order valence-electron chi connectivity index (χ0n) is 14.5. The molecule has 0 aromatic heterocycles. The Morgan fingerprint density at radius 1 is 1.28 bits per heavy atom. The van der Waals surface area contributed by atoms with Crippen LogP contribution in [0.5, 0.6) is 5.75 Å². The van der Waals surface area contributed by atoms with Gasteiger partial charge in [-0.05, 0) is 42.7 Å². The van der Waals surface area contributed by atoms with Crippen molar-refractivity contribution in [2.24, 2.45) is 5.92 Å². The van der Waals surface area contributed by atoms with Crippen molar-refractivity contribution in [2.45, 2.75) is 26.7 Å². The number of nitrogens with one attached hydrogen (secondary N) is 2. The SMILES string of the molecule is CCc1ccccc1NC(=O)CC1COc2ccc(C)cc2NC1=O. The number of para-hydroxylation sites is 1. The second kappa shape index (κ2) is 7.38. The van der Waals surface area contributed by atoms with Crippen molar-refractivity contribution in [3.05, 3.63) is 53.6 Å². The number of amides is 2. The Hall–Kier alpha value is -2.82. The van der Waals surface area contributed by atoms with Crippen LogP contribution in [0.3, 0.4) is 0 Å². The molecule has 25 heavy (non-hydrogen) atoms. The predicted molar refractivity (Wildman–Crippen MR) is 97.9 cm³/mol. The number of carbonyl (C=O) groups excluding carboxylic acids is 2. The summed E-state index contributed by atoms with van der Waals surface area (Å²) in [5.41, 5.74) is 3.56. The van der Waals surface area contributed by atoms with Gasteiger partial charge in [-0.25, -0.2) is 0 Å². The van der Waals surface area contributed by atoms with Crippen LogP contribution in [0.2, 0.25) is 0 Å². The molecule has 1 unspecified atom stereocenters. The number of hydrogen-bond acceptors (Lipinski definition) is 3. The molecule has 0 radical (unpaired) electrons. The van der Waals surface area contributed by atoms with Crippen molar-refractivity contribution < 1.29 is 14.3 Å². The van der Waals surface area contributed by atoms with E-state index in [1.54, 1.807) is 0 Å². The molecule has 2 aromatic carbocycles. The zero-order chi connectivity index (χ0) is 17.8. The average Bonchev–Trinajstić information content (AvgIpc) is 2.74. The number of ether oxygens (including phenoxy) is 1. The highest BCUT2D eigenvalue weighted by Gasteiger charge is 2.27. The number of hydrogen-bond donors (Lipinski definition) is 2. The minimum Gasteiger partial charge on any atom is -0.491 e. The van der Waals surface area contributed by atoms with Gasteiger partial charge in [-0.2, -0.15) is 0 Å². The largest absolute Gasteiger partial charge is 0.491 e. The molecule has 2 N–H and O–H groups in total. The Bertz CT molecular complexity index is 801. The van der Waals surface area contributed by atoms with E-state index in [-0.39, 0.29) is 24.8 Å². The van der Waals surface area contributed by atoms with Crippen LogP contribution >= 0.6 is 0 Å². The van der Waals surface area contributed by atoms with E-state index in [4.69, 9.17) is 4.74 Å². The highest BCUT2D eigenvalue weighted by molar-refractivity contribution is 5.99. The van der Waals surface area contributed by atoms with Crippen molar-refractivity contribution in [1.82, 2.24) is 0 Å². The fourth-order valence-corrected chi connectivity index (χ4v) is 2.90. The van der Waals surface area contributed by atoms with Crippen molar-refractivity contribution in [3.8, 4) is 5.75 Å². The molecule has 0 aliphatic carbocycles. The maximum absolute atomic E-state index is 12.4. The lowest BCUT2D eigenvalue weighted by Crippen LogP contribution is -2.29. The number of fused-ring (bicyclic) bond motifs is 1. The zero-order valence-corrected chi connectivity index (χ0v) is 14.5.